The Morgan fingerprint density at radius 2 is 2.18 bits per heavy atom. The maximum atomic E-state index is 14.0. The van der Waals surface area contributed by atoms with Gasteiger partial charge in [0, 0.05) is 5.02 Å². The quantitative estimate of drug-likeness (QED) is 0.544. The number of hydrogen-bond donors (Lipinski definition) is 0. The van der Waals surface area contributed by atoms with E-state index in [-0.39, 0.29) is 5.83 Å². The summed E-state index contributed by atoms with van der Waals surface area (Å²) in [5.41, 5.74) is 1.20. The predicted molar refractivity (Wildman–Crippen MR) is 70.5 cm³/mol. The van der Waals surface area contributed by atoms with Crippen molar-refractivity contribution in [1.82, 2.24) is 0 Å². The number of halogens is 2. The summed E-state index contributed by atoms with van der Waals surface area (Å²) in [7, 11) is 1.53. The van der Waals surface area contributed by atoms with Crippen molar-refractivity contribution in [2.45, 2.75) is 20.3 Å². The molecule has 0 atom stereocenters. The molecule has 0 amide bonds. The number of rotatable bonds is 4. The first-order chi connectivity index (χ1) is 8.13. The molecule has 0 aromatic heterocycles. The molecule has 17 heavy (non-hydrogen) atoms. The second kappa shape index (κ2) is 6.45. The van der Waals surface area contributed by atoms with Gasteiger partial charge < -0.3 is 4.74 Å². The molecule has 0 unspecified atom stereocenters. The number of ether oxygens (including phenoxy) is 1. The Kier molecular flexibility index (Phi) is 5.23. The number of benzene rings is 1. The van der Waals surface area contributed by atoms with Crippen molar-refractivity contribution in [3.8, 4) is 0 Å². The van der Waals surface area contributed by atoms with Gasteiger partial charge in [-0.2, -0.15) is 0 Å². The van der Waals surface area contributed by atoms with Crippen LogP contribution in [0, 0.1) is 0 Å². The second-order valence-electron chi connectivity index (χ2n) is 3.50. The van der Waals surface area contributed by atoms with Crippen molar-refractivity contribution in [1.29, 1.82) is 0 Å². The van der Waals surface area contributed by atoms with Gasteiger partial charge in [0.2, 0.25) is 0 Å². The van der Waals surface area contributed by atoms with E-state index in [0.29, 0.717) is 22.8 Å². The number of allylic oxidation sites excluding steroid dienone is 3. The van der Waals surface area contributed by atoms with E-state index in [2.05, 4.69) is 0 Å². The van der Waals surface area contributed by atoms with Gasteiger partial charge in [0.1, 0.15) is 11.6 Å². The van der Waals surface area contributed by atoms with Crippen molar-refractivity contribution < 1.29 is 9.13 Å². The molecule has 0 aliphatic heterocycles. The molecule has 1 aromatic carbocycles. The lowest BCUT2D eigenvalue weighted by molar-refractivity contribution is 0.308. The number of methoxy groups -OCH3 is 1. The van der Waals surface area contributed by atoms with Gasteiger partial charge in [-0.25, -0.2) is 4.39 Å². The van der Waals surface area contributed by atoms with E-state index in [1.165, 1.54) is 7.11 Å². The van der Waals surface area contributed by atoms with Crippen molar-refractivity contribution in [2.75, 3.05) is 7.11 Å². The minimum atomic E-state index is -0.206. The van der Waals surface area contributed by atoms with Crippen LogP contribution in [0.15, 0.2) is 41.9 Å². The molecular weight excluding hydrogens is 239 g/mol. The highest BCUT2D eigenvalue weighted by Gasteiger charge is 2.13. The highest BCUT2D eigenvalue weighted by molar-refractivity contribution is 6.30. The number of hydrogen-bond acceptors (Lipinski definition) is 1. The molecule has 92 valence electrons. The fourth-order valence-corrected chi connectivity index (χ4v) is 1.81. The van der Waals surface area contributed by atoms with E-state index in [9.17, 15) is 4.39 Å². The van der Waals surface area contributed by atoms with Crippen LogP contribution in [0.2, 0.25) is 5.02 Å². The molecule has 0 fully saturated rings. The Balaban J connectivity index is 3.36. The van der Waals surface area contributed by atoms with Crippen molar-refractivity contribution >= 4 is 17.2 Å². The van der Waals surface area contributed by atoms with Crippen LogP contribution in [0.25, 0.3) is 5.57 Å². The fraction of sp³-hybridized carbons (Fsp3) is 0.286. The summed E-state index contributed by atoms with van der Waals surface area (Å²) in [6.07, 6.45) is 2.06. The topological polar surface area (TPSA) is 9.23 Å². The molecule has 3 heteroatoms. The summed E-state index contributed by atoms with van der Waals surface area (Å²) in [5, 5.41) is 0.579. The molecule has 1 rings (SSSR count). The van der Waals surface area contributed by atoms with Crippen molar-refractivity contribution in [3.63, 3.8) is 0 Å². The fourth-order valence-electron chi connectivity index (χ4n) is 1.62. The van der Waals surface area contributed by atoms with Crippen LogP contribution >= 0.6 is 11.6 Å². The molecule has 0 N–H and O–H groups in total. The molecule has 0 saturated carbocycles. The van der Waals surface area contributed by atoms with Gasteiger partial charge in [-0.15, -0.1) is 0 Å². The van der Waals surface area contributed by atoms with E-state index in [1.54, 1.807) is 31.2 Å². The molecule has 0 radical (unpaired) electrons. The minimum Gasteiger partial charge on any atom is -0.496 e. The first-order valence-electron chi connectivity index (χ1n) is 5.49. The van der Waals surface area contributed by atoms with Crippen molar-refractivity contribution in [3.05, 3.63) is 52.5 Å². The molecule has 0 heterocycles. The lowest BCUT2D eigenvalue weighted by Crippen LogP contribution is -1.95. The van der Waals surface area contributed by atoms with Crippen LogP contribution in [0.4, 0.5) is 4.39 Å². The average Bonchev–Trinajstić information content (AvgIpc) is 2.34. The highest BCUT2D eigenvalue weighted by Crippen LogP contribution is 2.30. The van der Waals surface area contributed by atoms with Gasteiger partial charge >= 0.3 is 0 Å². The van der Waals surface area contributed by atoms with Gasteiger partial charge in [0.05, 0.1) is 12.7 Å². The third-order valence-corrected chi connectivity index (χ3v) is 2.66. The summed E-state index contributed by atoms with van der Waals surface area (Å²) in [6, 6.07) is 7.10. The van der Waals surface area contributed by atoms with Crippen LogP contribution in [-0.2, 0) is 4.74 Å². The molecule has 1 aromatic rings. The monoisotopic (exact) mass is 254 g/mol. The summed E-state index contributed by atoms with van der Waals surface area (Å²) < 4.78 is 19.2. The Morgan fingerprint density at radius 3 is 2.65 bits per heavy atom. The summed E-state index contributed by atoms with van der Waals surface area (Å²) >= 11 is 5.92. The molecule has 0 saturated heterocycles. The molecule has 0 aliphatic rings. The summed E-state index contributed by atoms with van der Waals surface area (Å²) in [4.78, 5) is 0. The van der Waals surface area contributed by atoms with Crippen LogP contribution in [0.5, 0.6) is 0 Å². The average molecular weight is 255 g/mol. The maximum Gasteiger partial charge on any atom is 0.125 e. The zero-order valence-corrected chi connectivity index (χ0v) is 11.0. The van der Waals surface area contributed by atoms with E-state index in [1.807, 2.05) is 13.0 Å². The van der Waals surface area contributed by atoms with Crippen LogP contribution in [-0.4, -0.2) is 7.11 Å². The Labute approximate surface area is 107 Å². The van der Waals surface area contributed by atoms with Gasteiger partial charge in [-0.1, -0.05) is 30.7 Å². The minimum absolute atomic E-state index is 0.206. The molecule has 1 nitrogen and oxygen atoms in total. The normalized spacial score (nSPS) is 13.4. The maximum absolute atomic E-state index is 14.0. The smallest absolute Gasteiger partial charge is 0.125 e. The van der Waals surface area contributed by atoms with Gasteiger partial charge in [0.25, 0.3) is 0 Å². The zero-order chi connectivity index (χ0) is 12.8. The largest absolute Gasteiger partial charge is 0.496 e. The van der Waals surface area contributed by atoms with E-state index in [4.69, 9.17) is 16.3 Å². The van der Waals surface area contributed by atoms with Crippen LogP contribution in [0.3, 0.4) is 0 Å². The first-order valence-corrected chi connectivity index (χ1v) is 5.87. The second-order valence-corrected chi connectivity index (χ2v) is 3.94. The Morgan fingerprint density at radius 1 is 1.47 bits per heavy atom. The van der Waals surface area contributed by atoms with E-state index >= 15 is 0 Å². The van der Waals surface area contributed by atoms with Gasteiger partial charge in [0.15, 0.2) is 0 Å². The predicted octanol–water partition coefficient (Wildman–Crippen LogP) is 4.98. The lowest BCUT2D eigenvalue weighted by Gasteiger charge is -2.12. The Bertz CT molecular complexity index is 449. The molecule has 0 aliphatic carbocycles. The summed E-state index contributed by atoms with van der Waals surface area (Å²) in [6.45, 7) is 3.58. The molecule has 0 spiro atoms. The zero-order valence-electron chi connectivity index (χ0n) is 10.3. The summed E-state index contributed by atoms with van der Waals surface area (Å²) in [5.74, 6) is 0.314. The molecular formula is C14H16ClFO. The molecule has 0 bridgehead atoms. The van der Waals surface area contributed by atoms with Crippen LogP contribution < -0.4 is 0 Å². The van der Waals surface area contributed by atoms with Crippen molar-refractivity contribution in [2.24, 2.45) is 0 Å². The lowest BCUT2D eigenvalue weighted by atomic mass is 10.0. The van der Waals surface area contributed by atoms with Gasteiger partial charge in [-0.3, -0.25) is 0 Å². The van der Waals surface area contributed by atoms with E-state index in [0.717, 1.165) is 5.56 Å². The highest BCUT2D eigenvalue weighted by atomic mass is 35.5. The van der Waals surface area contributed by atoms with E-state index < -0.39 is 0 Å². The third kappa shape index (κ3) is 3.34. The third-order valence-electron chi connectivity index (χ3n) is 2.42. The van der Waals surface area contributed by atoms with Crippen LogP contribution in [0.1, 0.15) is 25.8 Å². The SMILES string of the molecule is C/C=C(OC)\C(=C(\F)CC)c1cccc(Cl)c1. The standard InChI is InChI=1S/C14H16ClFO/c1-4-12(16)14(13(5-2)17-3)10-7-6-8-11(15)9-10/h5-9H,4H2,1-3H3/b13-5+,14-12+. The Hall–Kier alpha value is -1.28. The van der Waals surface area contributed by atoms with Gasteiger partial charge in [-0.05, 0) is 37.1 Å². The first kappa shape index (κ1) is 13.8.